The highest BCUT2D eigenvalue weighted by atomic mass is 32.2. The average molecular weight is 354 g/mol. The van der Waals surface area contributed by atoms with Crippen LogP contribution in [0.3, 0.4) is 0 Å². The molecule has 1 aromatic rings. The molecule has 3 heterocycles. The molecule has 7 heteroatoms. The van der Waals surface area contributed by atoms with Gasteiger partial charge in [0.2, 0.25) is 10.0 Å². The van der Waals surface area contributed by atoms with Crippen molar-refractivity contribution in [3.63, 3.8) is 0 Å². The molecule has 1 spiro atoms. The van der Waals surface area contributed by atoms with Crippen molar-refractivity contribution in [3.8, 4) is 0 Å². The molecule has 3 rings (SSSR count). The molecule has 0 bridgehead atoms. The van der Waals surface area contributed by atoms with Gasteiger partial charge in [0.25, 0.3) is 0 Å². The fourth-order valence-corrected chi connectivity index (χ4v) is 4.68. The molecular formula is C17H26N2O4S. The summed E-state index contributed by atoms with van der Waals surface area (Å²) in [7, 11) is -3.09. The molecule has 0 N–H and O–H groups in total. The fourth-order valence-electron chi connectivity index (χ4n) is 3.84. The second-order valence-electron chi connectivity index (χ2n) is 6.76. The smallest absolute Gasteiger partial charge is 0.211 e. The number of nitrogens with zero attached hydrogens (tertiary/aromatic N) is 2. The zero-order valence-corrected chi connectivity index (χ0v) is 15.0. The van der Waals surface area contributed by atoms with E-state index in [1.807, 2.05) is 12.1 Å². The Labute approximate surface area is 144 Å². The van der Waals surface area contributed by atoms with Gasteiger partial charge in [0, 0.05) is 38.7 Å². The van der Waals surface area contributed by atoms with Gasteiger partial charge in [-0.3, -0.25) is 4.98 Å². The molecule has 1 aromatic heterocycles. The van der Waals surface area contributed by atoms with Crippen LogP contribution < -0.4 is 0 Å². The van der Waals surface area contributed by atoms with E-state index in [-0.39, 0.29) is 5.60 Å². The number of piperidine rings is 1. The summed E-state index contributed by atoms with van der Waals surface area (Å²) in [6.07, 6.45) is 8.40. The molecular weight excluding hydrogens is 328 g/mol. The third-order valence-corrected chi connectivity index (χ3v) is 6.57. The van der Waals surface area contributed by atoms with Crippen LogP contribution in [0.15, 0.2) is 24.5 Å². The zero-order valence-electron chi connectivity index (χ0n) is 14.2. The molecule has 2 fully saturated rings. The molecule has 2 aliphatic heterocycles. The van der Waals surface area contributed by atoms with Gasteiger partial charge >= 0.3 is 0 Å². The second-order valence-corrected chi connectivity index (χ2v) is 8.74. The lowest BCUT2D eigenvalue weighted by Gasteiger charge is -2.41. The zero-order chi connectivity index (χ0) is 17.0. The van der Waals surface area contributed by atoms with Crippen LogP contribution in [-0.2, 0) is 26.1 Å². The molecule has 2 saturated heterocycles. The SMILES string of the molecule is CS(=O)(=O)N1CCC2(CC1)OCCC2CCOCc1ccncc1. The van der Waals surface area contributed by atoms with E-state index in [4.69, 9.17) is 9.47 Å². The van der Waals surface area contributed by atoms with Crippen LogP contribution in [0.4, 0.5) is 0 Å². The number of hydrogen-bond acceptors (Lipinski definition) is 5. The molecule has 0 saturated carbocycles. The van der Waals surface area contributed by atoms with Gasteiger partial charge in [0.1, 0.15) is 0 Å². The lowest BCUT2D eigenvalue weighted by atomic mass is 9.78. The number of hydrogen-bond donors (Lipinski definition) is 0. The largest absolute Gasteiger partial charge is 0.377 e. The molecule has 6 nitrogen and oxygen atoms in total. The Morgan fingerprint density at radius 3 is 2.71 bits per heavy atom. The van der Waals surface area contributed by atoms with E-state index < -0.39 is 10.0 Å². The Balaban J connectivity index is 1.47. The van der Waals surface area contributed by atoms with Crippen molar-refractivity contribution in [2.24, 2.45) is 5.92 Å². The Morgan fingerprint density at radius 1 is 1.33 bits per heavy atom. The highest BCUT2D eigenvalue weighted by Crippen LogP contribution is 2.42. The average Bonchev–Trinajstić information content (AvgIpc) is 2.94. The fraction of sp³-hybridized carbons (Fsp3) is 0.706. The summed E-state index contributed by atoms with van der Waals surface area (Å²) in [6, 6.07) is 3.92. The highest BCUT2D eigenvalue weighted by Gasteiger charge is 2.46. The molecule has 0 radical (unpaired) electrons. The van der Waals surface area contributed by atoms with Gasteiger partial charge in [0.15, 0.2) is 0 Å². The number of aromatic nitrogens is 1. The molecule has 0 aliphatic carbocycles. The van der Waals surface area contributed by atoms with Crippen molar-refractivity contribution in [2.75, 3.05) is 32.6 Å². The summed E-state index contributed by atoms with van der Waals surface area (Å²) in [5, 5.41) is 0. The minimum absolute atomic E-state index is 0.152. The third-order valence-electron chi connectivity index (χ3n) is 5.27. The van der Waals surface area contributed by atoms with Crippen molar-refractivity contribution in [2.45, 2.75) is 37.9 Å². The number of ether oxygens (including phenoxy) is 2. The second kappa shape index (κ2) is 7.47. The van der Waals surface area contributed by atoms with Gasteiger partial charge in [-0.2, -0.15) is 0 Å². The minimum Gasteiger partial charge on any atom is -0.377 e. The molecule has 0 amide bonds. The third kappa shape index (κ3) is 4.14. The Kier molecular flexibility index (Phi) is 5.54. The maximum absolute atomic E-state index is 11.7. The minimum atomic E-state index is -3.09. The first-order valence-electron chi connectivity index (χ1n) is 8.55. The van der Waals surface area contributed by atoms with E-state index in [0.29, 0.717) is 32.2 Å². The van der Waals surface area contributed by atoms with E-state index in [9.17, 15) is 8.42 Å². The topological polar surface area (TPSA) is 68.7 Å². The predicted molar refractivity (Wildman–Crippen MR) is 91.0 cm³/mol. The maximum Gasteiger partial charge on any atom is 0.211 e. The first-order chi connectivity index (χ1) is 11.5. The molecule has 0 aromatic carbocycles. The van der Waals surface area contributed by atoms with E-state index in [1.54, 1.807) is 16.7 Å². The molecule has 24 heavy (non-hydrogen) atoms. The summed E-state index contributed by atoms with van der Waals surface area (Å²) < 4.78 is 36.8. The summed E-state index contributed by atoms with van der Waals surface area (Å²) in [4.78, 5) is 4.00. The normalized spacial score (nSPS) is 24.5. The predicted octanol–water partition coefficient (Wildman–Crippen LogP) is 1.82. The first kappa shape index (κ1) is 17.8. The summed E-state index contributed by atoms with van der Waals surface area (Å²) in [5.74, 6) is 0.455. The van der Waals surface area contributed by atoms with Crippen LogP contribution in [0.1, 0.15) is 31.2 Å². The van der Waals surface area contributed by atoms with Crippen LogP contribution in [0.5, 0.6) is 0 Å². The quantitative estimate of drug-likeness (QED) is 0.729. The van der Waals surface area contributed by atoms with Gasteiger partial charge in [-0.1, -0.05) is 0 Å². The molecule has 1 atom stereocenters. The summed E-state index contributed by atoms with van der Waals surface area (Å²) in [6.45, 7) is 3.20. The summed E-state index contributed by atoms with van der Waals surface area (Å²) in [5.41, 5.74) is 0.977. The van der Waals surface area contributed by atoms with Gasteiger partial charge in [-0.05, 0) is 49.3 Å². The van der Waals surface area contributed by atoms with Crippen LogP contribution in [0, 0.1) is 5.92 Å². The molecule has 1 unspecified atom stereocenters. The lowest BCUT2D eigenvalue weighted by Crippen LogP contribution is -2.49. The highest BCUT2D eigenvalue weighted by molar-refractivity contribution is 7.88. The van der Waals surface area contributed by atoms with Gasteiger partial charge in [0.05, 0.1) is 18.5 Å². The van der Waals surface area contributed by atoms with Crippen molar-refractivity contribution >= 4 is 10.0 Å². The lowest BCUT2D eigenvalue weighted by molar-refractivity contribution is -0.0617. The van der Waals surface area contributed by atoms with E-state index in [0.717, 1.165) is 37.9 Å². The van der Waals surface area contributed by atoms with Gasteiger partial charge in [-0.15, -0.1) is 0 Å². The van der Waals surface area contributed by atoms with Crippen molar-refractivity contribution in [3.05, 3.63) is 30.1 Å². The Morgan fingerprint density at radius 2 is 2.04 bits per heavy atom. The Hall–Kier alpha value is -1.02. The van der Waals surface area contributed by atoms with E-state index in [2.05, 4.69) is 4.98 Å². The van der Waals surface area contributed by atoms with Crippen molar-refractivity contribution in [1.29, 1.82) is 0 Å². The van der Waals surface area contributed by atoms with E-state index >= 15 is 0 Å². The van der Waals surface area contributed by atoms with Crippen LogP contribution in [0.2, 0.25) is 0 Å². The van der Waals surface area contributed by atoms with Crippen molar-refractivity contribution in [1.82, 2.24) is 9.29 Å². The monoisotopic (exact) mass is 354 g/mol. The standard InChI is InChI=1S/C17H26N2O4S/c1-24(20,21)19-10-6-17(7-11-19)16(5-13-23-17)4-12-22-14-15-2-8-18-9-3-15/h2-3,8-9,16H,4-7,10-14H2,1H3. The Bertz CT molecular complexity index is 627. The molecule has 134 valence electrons. The summed E-state index contributed by atoms with van der Waals surface area (Å²) >= 11 is 0. The van der Waals surface area contributed by atoms with E-state index in [1.165, 1.54) is 6.26 Å². The van der Waals surface area contributed by atoms with Crippen LogP contribution in [0.25, 0.3) is 0 Å². The molecule has 2 aliphatic rings. The number of rotatable bonds is 6. The first-order valence-corrected chi connectivity index (χ1v) is 10.4. The van der Waals surface area contributed by atoms with Crippen LogP contribution in [-0.4, -0.2) is 55.9 Å². The van der Waals surface area contributed by atoms with Gasteiger partial charge < -0.3 is 9.47 Å². The van der Waals surface area contributed by atoms with Crippen LogP contribution >= 0.6 is 0 Å². The number of pyridine rings is 1. The van der Waals surface area contributed by atoms with Crippen molar-refractivity contribution < 1.29 is 17.9 Å². The maximum atomic E-state index is 11.7. The van der Waals surface area contributed by atoms with Gasteiger partial charge in [-0.25, -0.2) is 12.7 Å². The number of sulfonamides is 1.